The minimum absolute atomic E-state index is 0.0730. The van der Waals surface area contributed by atoms with Gasteiger partial charge in [0, 0.05) is 25.1 Å². The van der Waals surface area contributed by atoms with Gasteiger partial charge in [0.2, 0.25) is 5.91 Å². The number of hydrogen-bond donors (Lipinski definition) is 2. The van der Waals surface area contributed by atoms with Gasteiger partial charge < -0.3 is 15.5 Å². The lowest BCUT2D eigenvalue weighted by Gasteiger charge is -2.25. The van der Waals surface area contributed by atoms with Gasteiger partial charge in [-0.05, 0) is 31.8 Å². The van der Waals surface area contributed by atoms with Gasteiger partial charge in [-0.25, -0.2) is 0 Å². The number of benzene rings is 2. The fourth-order valence-corrected chi connectivity index (χ4v) is 2.55. The molecule has 25 heavy (non-hydrogen) atoms. The van der Waals surface area contributed by atoms with Crippen LogP contribution in [0.1, 0.15) is 28.4 Å². The van der Waals surface area contributed by atoms with E-state index in [1.807, 2.05) is 50.5 Å². The summed E-state index contributed by atoms with van der Waals surface area (Å²) in [6, 6.07) is 19.2. The summed E-state index contributed by atoms with van der Waals surface area (Å²) in [6.07, 6.45) is 0.257. The third kappa shape index (κ3) is 6.04. The van der Waals surface area contributed by atoms with Crippen LogP contribution in [0, 0.1) is 0 Å². The highest BCUT2D eigenvalue weighted by Crippen LogP contribution is 2.16. The summed E-state index contributed by atoms with van der Waals surface area (Å²) in [5.41, 5.74) is 1.75. The second-order valence-electron chi connectivity index (χ2n) is 6.07. The molecule has 132 valence electrons. The Morgan fingerprint density at radius 1 is 0.920 bits per heavy atom. The van der Waals surface area contributed by atoms with Crippen LogP contribution in [0.3, 0.4) is 0 Å². The highest BCUT2D eigenvalue weighted by molar-refractivity contribution is 5.94. The van der Waals surface area contributed by atoms with Crippen molar-refractivity contribution in [3.8, 4) is 0 Å². The molecule has 2 rings (SSSR count). The van der Waals surface area contributed by atoms with Gasteiger partial charge in [0.1, 0.15) is 0 Å². The second kappa shape index (κ2) is 9.59. The second-order valence-corrected chi connectivity index (χ2v) is 6.07. The number of nitrogens with zero attached hydrogens (tertiary/aromatic N) is 1. The zero-order valence-electron chi connectivity index (χ0n) is 14.7. The first kappa shape index (κ1) is 18.7. The van der Waals surface area contributed by atoms with Gasteiger partial charge >= 0.3 is 0 Å². The summed E-state index contributed by atoms with van der Waals surface area (Å²) in [7, 11) is 3.98. The summed E-state index contributed by atoms with van der Waals surface area (Å²) < 4.78 is 0. The van der Waals surface area contributed by atoms with E-state index >= 15 is 0 Å². The van der Waals surface area contributed by atoms with Gasteiger partial charge in [-0.15, -0.1) is 0 Å². The maximum Gasteiger partial charge on any atom is 0.251 e. The highest BCUT2D eigenvalue weighted by Gasteiger charge is 2.15. The van der Waals surface area contributed by atoms with Crippen molar-refractivity contribution in [2.75, 3.05) is 27.2 Å². The van der Waals surface area contributed by atoms with E-state index < -0.39 is 0 Å². The van der Waals surface area contributed by atoms with Crippen LogP contribution in [0.4, 0.5) is 0 Å². The molecular weight excluding hydrogens is 314 g/mol. The lowest BCUT2D eigenvalue weighted by atomic mass is 10.1. The first-order chi connectivity index (χ1) is 12.1. The molecule has 0 saturated heterocycles. The molecule has 0 saturated carbocycles. The molecule has 2 aromatic carbocycles. The number of nitrogens with one attached hydrogen (secondary N) is 2. The van der Waals surface area contributed by atoms with E-state index in [9.17, 15) is 9.59 Å². The molecule has 0 aromatic heterocycles. The van der Waals surface area contributed by atoms with Gasteiger partial charge in [0.25, 0.3) is 5.91 Å². The standard InChI is InChI=1S/C20H25N3O2/c1-23(2)18(16-9-5-3-6-10-16)15-22-19(24)13-14-21-20(25)17-11-7-4-8-12-17/h3-12,18H,13-15H2,1-2H3,(H,21,25)(H,22,24). The zero-order chi connectivity index (χ0) is 18.1. The summed E-state index contributed by atoms with van der Waals surface area (Å²) >= 11 is 0. The number of carbonyl (C=O) groups is 2. The number of likely N-dealkylation sites (N-methyl/N-ethyl adjacent to an activating group) is 1. The van der Waals surface area contributed by atoms with E-state index in [4.69, 9.17) is 0 Å². The van der Waals surface area contributed by atoms with E-state index in [2.05, 4.69) is 27.7 Å². The molecular formula is C20H25N3O2. The normalized spacial score (nSPS) is 11.8. The van der Waals surface area contributed by atoms with Gasteiger partial charge in [-0.2, -0.15) is 0 Å². The van der Waals surface area contributed by atoms with E-state index in [1.165, 1.54) is 0 Å². The minimum atomic E-state index is -0.163. The average molecular weight is 339 g/mol. The molecule has 1 unspecified atom stereocenters. The van der Waals surface area contributed by atoms with Crippen LogP contribution >= 0.6 is 0 Å². The quantitative estimate of drug-likeness (QED) is 0.775. The van der Waals surface area contributed by atoms with Crippen molar-refractivity contribution in [2.45, 2.75) is 12.5 Å². The number of carbonyl (C=O) groups excluding carboxylic acids is 2. The van der Waals surface area contributed by atoms with Crippen molar-refractivity contribution >= 4 is 11.8 Å². The molecule has 1 atom stereocenters. The first-order valence-electron chi connectivity index (χ1n) is 8.39. The molecule has 0 fully saturated rings. The van der Waals surface area contributed by atoms with Gasteiger partial charge in [-0.1, -0.05) is 48.5 Å². The molecule has 2 aromatic rings. The Labute approximate surface area is 149 Å². The molecule has 0 aliphatic carbocycles. The molecule has 0 bridgehead atoms. The van der Waals surface area contributed by atoms with Crippen molar-refractivity contribution in [3.05, 3.63) is 71.8 Å². The van der Waals surface area contributed by atoms with E-state index in [1.54, 1.807) is 12.1 Å². The minimum Gasteiger partial charge on any atom is -0.354 e. The van der Waals surface area contributed by atoms with E-state index in [-0.39, 0.29) is 24.3 Å². The summed E-state index contributed by atoms with van der Waals surface area (Å²) in [4.78, 5) is 26.0. The molecule has 2 amide bonds. The van der Waals surface area contributed by atoms with Crippen molar-refractivity contribution < 1.29 is 9.59 Å². The summed E-state index contributed by atoms with van der Waals surface area (Å²) in [5.74, 6) is -0.236. The number of rotatable bonds is 8. The lowest BCUT2D eigenvalue weighted by molar-refractivity contribution is -0.121. The predicted molar refractivity (Wildman–Crippen MR) is 99.3 cm³/mol. The highest BCUT2D eigenvalue weighted by atomic mass is 16.2. The molecule has 0 spiro atoms. The van der Waals surface area contributed by atoms with E-state index in [0.717, 1.165) is 5.56 Å². The number of amides is 2. The fourth-order valence-electron chi connectivity index (χ4n) is 2.55. The zero-order valence-corrected chi connectivity index (χ0v) is 14.7. The third-order valence-electron chi connectivity index (χ3n) is 3.97. The Kier molecular flexibility index (Phi) is 7.16. The Hall–Kier alpha value is -2.66. The Bertz CT molecular complexity index is 672. The van der Waals surface area contributed by atoms with Crippen molar-refractivity contribution in [1.82, 2.24) is 15.5 Å². The molecule has 5 nitrogen and oxygen atoms in total. The van der Waals surface area contributed by atoms with Crippen molar-refractivity contribution in [2.24, 2.45) is 0 Å². The van der Waals surface area contributed by atoms with Crippen molar-refractivity contribution in [3.63, 3.8) is 0 Å². The third-order valence-corrected chi connectivity index (χ3v) is 3.97. The Morgan fingerprint density at radius 2 is 1.52 bits per heavy atom. The van der Waals surface area contributed by atoms with Crippen LogP contribution in [0.5, 0.6) is 0 Å². The Balaban J connectivity index is 1.75. The molecule has 0 aliphatic rings. The van der Waals surface area contributed by atoms with Crippen LogP contribution in [0.25, 0.3) is 0 Å². The van der Waals surface area contributed by atoms with Gasteiger partial charge in [0.15, 0.2) is 0 Å². The Morgan fingerprint density at radius 3 is 2.12 bits per heavy atom. The van der Waals surface area contributed by atoms with Crippen molar-refractivity contribution in [1.29, 1.82) is 0 Å². The molecule has 5 heteroatoms. The SMILES string of the molecule is CN(C)C(CNC(=O)CCNC(=O)c1ccccc1)c1ccccc1. The van der Waals surface area contributed by atoms with Crippen LogP contribution in [0.2, 0.25) is 0 Å². The molecule has 0 radical (unpaired) electrons. The van der Waals surface area contributed by atoms with Crippen LogP contribution in [-0.4, -0.2) is 43.9 Å². The summed E-state index contributed by atoms with van der Waals surface area (Å²) in [6.45, 7) is 0.847. The smallest absolute Gasteiger partial charge is 0.251 e. The monoisotopic (exact) mass is 339 g/mol. The molecule has 0 heterocycles. The average Bonchev–Trinajstić information content (AvgIpc) is 2.63. The largest absolute Gasteiger partial charge is 0.354 e. The van der Waals surface area contributed by atoms with Crippen LogP contribution in [0.15, 0.2) is 60.7 Å². The fraction of sp³-hybridized carbons (Fsp3) is 0.300. The lowest BCUT2D eigenvalue weighted by Crippen LogP contribution is -2.36. The maximum absolute atomic E-state index is 12.0. The predicted octanol–water partition coefficient (Wildman–Crippen LogP) is 2.23. The van der Waals surface area contributed by atoms with E-state index in [0.29, 0.717) is 18.7 Å². The summed E-state index contributed by atoms with van der Waals surface area (Å²) in [5, 5.41) is 5.71. The number of hydrogen-bond acceptors (Lipinski definition) is 3. The topological polar surface area (TPSA) is 61.4 Å². The van der Waals surface area contributed by atoms with Gasteiger partial charge in [-0.3, -0.25) is 9.59 Å². The maximum atomic E-state index is 12.0. The molecule has 2 N–H and O–H groups in total. The first-order valence-corrected chi connectivity index (χ1v) is 8.39. The van der Waals surface area contributed by atoms with Crippen LogP contribution < -0.4 is 10.6 Å². The molecule has 0 aliphatic heterocycles. The van der Waals surface area contributed by atoms with Crippen LogP contribution in [-0.2, 0) is 4.79 Å². The van der Waals surface area contributed by atoms with Gasteiger partial charge in [0.05, 0.1) is 6.04 Å².